The van der Waals surface area contributed by atoms with Crippen molar-refractivity contribution < 1.29 is 4.52 Å². The molecule has 0 unspecified atom stereocenters. The smallest absolute Gasteiger partial charge is 0.175 e. The molecule has 1 heterocycles. The maximum atomic E-state index is 5.14. The maximum Gasteiger partial charge on any atom is 0.175 e. The number of allylic oxidation sites excluding steroid dienone is 6. The van der Waals surface area contributed by atoms with E-state index in [0.29, 0.717) is 0 Å². The van der Waals surface area contributed by atoms with E-state index in [0.717, 1.165) is 12.2 Å². The van der Waals surface area contributed by atoms with Gasteiger partial charge in [-0.25, -0.2) is 0 Å². The summed E-state index contributed by atoms with van der Waals surface area (Å²) in [5, 5.41) is 3.79. The Morgan fingerprint density at radius 2 is 2.00 bits per heavy atom. The summed E-state index contributed by atoms with van der Waals surface area (Å²) in [6.07, 6.45) is 7.30. The Balaban J connectivity index is 2.23. The quantitative estimate of drug-likeness (QED) is 0.573. The van der Waals surface area contributed by atoms with Crippen LogP contribution in [0, 0.1) is 0 Å². The summed E-state index contributed by atoms with van der Waals surface area (Å²) in [6.45, 7) is 0. The van der Waals surface area contributed by atoms with Crippen LogP contribution in [0.15, 0.2) is 34.0 Å². The van der Waals surface area contributed by atoms with Crippen molar-refractivity contribution in [3.63, 3.8) is 0 Å². The lowest BCUT2D eigenvalue weighted by Gasteiger charge is -2.19. The van der Waals surface area contributed by atoms with Crippen molar-refractivity contribution >= 4 is 11.1 Å². The fourth-order valence-electron chi connectivity index (χ4n) is 2.29. The van der Waals surface area contributed by atoms with Crippen molar-refractivity contribution in [1.29, 1.82) is 0 Å². The van der Waals surface area contributed by atoms with E-state index in [2.05, 4.69) is 17.3 Å². The average Bonchev–Trinajstić information content (AvgIpc) is 2.66. The van der Waals surface area contributed by atoms with Crippen LogP contribution in [0.4, 0.5) is 0 Å². The summed E-state index contributed by atoms with van der Waals surface area (Å²) < 4.78 is 5.14. The van der Waals surface area contributed by atoms with Gasteiger partial charge in [-0.3, -0.25) is 0 Å². The molecular formula is C10H5NO. The maximum absolute atomic E-state index is 5.14. The highest BCUT2D eigenvalue weighted by Gasteiger charge is 2.40. The van der Waals surface area contributed by atoms with Gasteiger partial charge < -0.3 is 4.52 Å². The molecule has 4 rings (SSSR count). The van der Waals surface area contributed by atoms with Crippen LogP contribution < -0.4 is 0 Å². The molecule has 3 aliphatic rings. The highest BCUT2D eigenvalue weighted by molar-refractivity contribution is 6.21. The van der Waals surface area contributed by atoms with Crippen LogP contribution in [0.5, 0.6) is 0 Å². The lowest BCUT2D eigenvalue weighted by Crippen LogP contribution is -2.03. The van der Waals surface area contributed by atoms with Crippen molar-refractivity contribution in [2.75, 3.05) is 0 Å². The molecule has 56 valence electrons. The van der Waals surface area contributed by atoms with Gasteiger partial charge in [-0.1, -0.05) is 17.3 Å². The van der Waals surface area contributed by atoms with Gasteiger partial charge in [0.25, 0.3) is 0 Å². The number of nitrogens with zero attached hydrogens (tertiary/aromatic N) is 1. The third-order valence-corrected chi connectivity index (χ3v) is 2.83. The fourth-order valence-corrected chi connectivity index (χ4v) is 2.29. The van der Waals surface area contributed by atoms with Crippen LogP contribution >= 0.6 is 0 Å². The topological polar surface area (TPSA) is 26.0 Å². The summed E-state index contributed by atoms with van der Waals surface area (Å²) in [5.74, 6) is 0.999. The first-order valence-electron chi connectivity index (χ1n) is 4.05. The average molecular weight is 155 g/mol. The Bertz CT molecular complexity index is 457. The van der Waals surface area contributed by atoms with Crippen LogP contribution in [0.2, 0.25) is 0 Å². The van der Waals surface area contributed by atoms with Gasteiger partial charge in [0, 0.05) is 11.1 Å². The molecule has 0 saturated carbocycles. The normalized spacial score (nSPS) is 21.7. The molecule has 0 atom stereocenters. The van der Waals surface area contributed by atoms with Gasteiger partial charge in [0.1, 0.15) is 0 Å². The second-order valence-corrected chi connectivity index (χ2v) is 3.38. The van der Waals surface area contributed by atoms with Gasteiger partial charge in [0.15, 0.2) is 5.76 Å². The molecule has 2 heteroatoms. The SMILES string of the molecule is C1=CC2=C3C(=C1C2)c1cnoc13. The van der Waals surface area contributed by atoms with E-state index in [1.165, 1.54) is 27.9 Å². The Morgan fingerprint density at radius 3 is 2.92 bits per heavy atom. The number of fused-ring (bicyclic) bond motifs is 6. The second-order valence-electron chi connectivity index (χ2n) is 3.38. The summed E-state index contributed by atoms with van der Waals surface area (Å²) in [7, 11) is 0. The number of hydrogen-bond donors (Lipinski definition) is 0. The molecule has 1 aromatic rings. The highest BCUT2D eigenvalue weighted by Crippen LogP contribution is 2.57. The molecule has 0 spiro atoms. The molecule has 0 radical (unpaired) electrons. The molecular weight excluding hydrogens is 150 g/mol. The Labute approximate surface area is 68.9 Å². The molecule has 2 bridgehead atoms. The first-order chi connectivity index (χ1) is 5.95. The zero-order valence-corrected chi connectivity index (χ0v) is 6.29. The van der Waals surface area contributed by atoms with E-state index in [9.17, 15) is 0 Å². The molecule has 0 N–H and O–H groups in total. The Morgan fingerprint density at radius 1 is 1.17 bits per heavy atom. The molecule has 0 aliphatic heterocycles. The lowest BCUT2D eigenvalue weighted by atomic mass is 9.82. The minimum Gasteiger partial charge on any atom is -0.356 e. The molecule has 0 fully saturated rings. The van der Waals surface area contributed by atoms with E-state index in [4.69, 9.17) is 4.52 Å². The number of hydrogen-bond acceptors (Lipinski definition) is 2. The highest BCUT2D eigenvalue weighted by atomic mass is 16.5. The van der Waals surface area contributed by atoms with Crippen LogP contribution in [0.1, 0.15) is 17.7 Å². The van der Waals surface area contributed by atoms with Crippen LogP contribution in [-0.2, 0) is 0 Å². The van der Waals surface area contributed by atoms with Gasteiger partial charge in [-0.2, -0.15) is 0 Å². The molecule has 0 aromatic carbocycles. The number of aromatic nitrogens is 1. The van der Waals surface area contributed by atoms with Crippen LogP contribution in [0.25, 0.3) is 11.1 Å². The van der Waals surface area contributed by atoms with E-state index < -0.39 is 0 Å². The molecule has 0 amide bonds. The second kappa shape index (κ2) is 1.33. The van der Waals surface area contributed by atoms with Crippen molar-refractivity contribution in [1.82, 2.24) is 5.16 Å². The Kier molecular flexibility index (Phi) is 0.571. The Hall–Kier alpha value is -1.57. The van der Waals surface area contributed by atoms with Crippen molar-refractivity contribution in [2.45, 2.75) is 6.42 Å². The van der Waals surface area contributed by atoms with Gasteiger partial charge in [0.05, 0.1) is 11.8 Å². The van der Waals surface area contributed by atoms with Crippen LogP contribution in [-0.4, -0.2) is 5.16 Å². The van der Waals surface area contributed by atoms with Crippen LogP contribution in [0.3, 0.4) is 0 Å². The first-order valence-corrected chi connectivity index (χ1v) is 4.05. The standard InChI is InChI=1S/C10H5NO/c1-2-6-3-5(1)8-7-4-11-12-10(7)9(6)8/h1-2,4H,3H2. The largest absolute Gasteiger partial charge is 0.356 e. The minimum atomic E-state index is 0.999. The molecule has 1 aromatic heterocycles. The summed E-state index contributed by atoms with van der Waals surface area (Å²) in [5.41, 5.74) is 6.77. The van der Waals surface area contributed by atoms with E-state index >= 15 is 0 Å². The monoisotopic (exact) mass is 155 g/mol. The minimum absolute atomic E-state index is 0.999. The van der Waals surface area contributed by atoms with Crippen molar-refractivity contribution in [3.05, 3.63) is 40.8 Å². The predicted octanol–water partition coefficient (Wildman–Crippen LogP) is 2.17. The molecule has 0 saturated heterocycles. The lowest BCUT2D eigenvalue weighted by molar-refractivity contribution is 0.409. The first kappa shape index (κ1) is 5.14. The molecule has 3 aliphatic carbocycles. The van der Waals surface area contributed by atoms with Crippen molar-refractivity contribution in [2.24, 2.45) is 0 Å². The predicted molar refractivity (Wildman–Crippen MR) is 44.1 cm³/mol. The zero-order valence-electron chi connectivity index (χ0n) is 6.29. The summed E-state index contributed by atoms with van der Waals surface area (Å²) in [4.78, 5) is 0. The zero-order chi connectivity index (χ0) is 7.71. The summed E-state index contributed by atoms with van der Waals surface area (Å²) in [6, 6.07) is 0. The van der Waals surface area contributed by atoms with Gasteiger partial charge in [-0.15, -0.1) is 0 Å². The van der Waals surface area contributed by atoms with E-state index in [1.54, 1.807) is 0 Å². The van der Waals surface area contributed by atoms with Gasteiger partial charge >= 0.3 is 0 Å². The van der Waals surface area contributed by atoms with Gasteiger partial charge in [-0.05, 0) is 17.6 Å². The van der Waals surface area contributed by atoms with E-state index in [1.807, 2.05) is 6.20 Å². The van der Waals surface area contributed by atoms with Crippen molar-refractivity contribution in [3.8, 4) is 0 Å². The number of rotatable bonds is 0. The fraction of sp³-hybridized carbons (Fsp3) is 0.100. The van der Waals surface area contributed by atoms with Gasteiger partial charge in [0.2, 0.25) is 0 Å². The molecule has 12 heavy (non-hydrogen) atoms. The molecule has 2 nitrogen and oxygen atoms in total. The third-order valence-electron chi connectivity index (χ3n) is 2.83. The van der Waals surface area contributed by atoms with E-state index in [-0.39, 0.29) is 0 Å². The third kappa shape index (κ3) is 0.332. The summed E-state index contributed by atoms with van der Waals surface area (Å²) >= 11 is 0.